The SMILES string of the molecule is [Cl-].c1c[n+](C2CCCCC2)cn1C1CCCCC1.c1ccc2ncccc2c1. The second-order valence-corrected chi connectivity index (χ2v) is 8.09. The zero-order valence-corrected chi connectivity index (χ0v) is 17.5. The number of halogens is 1. The van der Waals surface area contributed by atoms with Crippen LogP contribution in [0.4, 0.5) is 0 Å². The van der Waals surface area contributed by atoms with Crippen LogP contribution in [-0.2, 0) is 0 Å². The van der Waals surface area contributed by atoms with Crippen molar-refractivity contribution in [2.24, 2.45) is 0 Å². The molecule has 0 spiro atoms. The Morgan fingerprint density at radius 1 is 0.821 bits per heavy atom. The number of hydrogen-bond acceptors (Lipinski definition) is 1. The fourth-order valence-electron chi connectivity index (χ4n) is 4.59. The van der Waals surface area contributed by atoms with Crippen molar-refractivity contribution in [1.82, 2.24) is 9.55 Å². The van der Waals surface area contributed by atoms with Gasteiger partial charge in [0.25, 0.3) is 0 Å². The molecule has 2 saturated carbocycles. The lowest BCUT2D eigenvalue weighted by atomic mass is 9.95. The van der Waals surface area contributed by atoms with Crippen molar-refractivity contribution in [1.29, 1.82) is 0 Å². The van der Waals surface area contributed by atoms with Gasteiger partial charge in [0.15, 0.2) is 0 Å². The van der Waals surface area contributed by atoms with Gasteiger partial charge < -0.3 is 12.4 Å². The van der Waals surface area contributed by atoms with E-state index in [0.29, 0.717) is 0 Å². The summed E-state index contributed by atoms with van der Waals surface area (Å²) in [6.45, 7) is 0. The first-order valence-corrected chi connectivity index (χ1v) is 10.8. The molecule has 0 atom stereocenters. The maximum atomic E-state index is 4.18. The quantitative estimate of drug-likeness (QED) is 0.609. The maximum Gasteiger partial charge on any atom is 0.244 e. The minimum absolute atomic E-state index is 0. The standard InChI is InChI=1S/C15H25N2.C9H7N.ClH/c1-3-7-14(8-4-1)16-11-12-17(13-16)15-9-5-2-6-10-15;1-2-6-9-8(4-1)5-3-7-10-9;/h11-15H,1-10H2;1-7H;1H/q+1;;/p-1. The van der Waals surface area contributed by atoms with E-state index in [9.17, 15) is 0 Å². The van der Waals surface area contributed by atoms with E-state index in [1.807, 2.05) is 30.5 Å². The third-order valence-corrected chi connectivity index (χ3v) is 6.18. The summed E-state index contributed by atoms with van der Waals surface area (Å²) in [5.41, 5.74) is 1.06. The number of aromatic nitrogens is 3. The van der Waals surface area contributed by atoms with E-state index < -0.39 is 0 Å². The molecule has 0 aliphatic heterocycles. The Balaban J connectivity index is 0.000000175. The lowest BCUT2D eigenvalue weighted by molar-refractivity contribution is -0.725. The van der Waals surface area contributed by atoms with E-state index in [2.05, 4.69) is 45.0 Å². The van der Waals surface area contributed by atoms with Gasteiger partial charge in [0.1, 0.15) is 24.5 Å². The van der Waals surface area contributed by atoms with Crippen molar-refractivity contribution in [3.8, 4) is 0 Å². The van der Waals surface area contributed by atoms with Gasteiger partial charge in [-0.15, -0.1) is 0 Å². The molecule has 150 valence electrons. The zero-order valence-electron chi connectivity index (χ0n) is 16.7. The average Bonchev–Trinajstić information content (AvgIpc) is 3.26. The molecule has 0 N–H and O–H groups in total. The second-order valence-electron chi connectivity index (χ2n) is 8.09. The van der Waals surface area contributed by atoms with Gasteiger partial charge in [-0.3, -0.25) is 4.98 Å². The van der Waals surface area contributed by atoms with Crippen molar-refractivity contribution in [3.63, 3.8) is 0 Å². The molecule has 2 heterocycles. The molecule has 0 amide bonds. The number of imidazole rings is 1. The summed E-state index contributed by atoms with van der Waals surface area (Å²) in [6, 6.07) is 13.7. The number of pyridine rings is 1. The van der Waals surface area contributed by atoms with Crippen LogP contribution in [0.5, 0.6) is 0 Å². The first-order chi connectivity index (χ1) is 13.4. The number of fused-ring (bicyclic) bond motifs is 1. The fraction of sp³-hybridized carbons (Fsp3) is 0.500. The molecule has 2 aliphatic rings. The smallest absolute Gasteiger partial charge is 0.244 e. The lowest BCUT2D eigenvalue weighted by Crippen LogP contribution is -3.00. The Hall–Kier alpha value is -1.87. The van der Waals surface area contributed by atoms with Gasteiger partial charge in [0.2, 0.25) is 6.33 Å². The highest BCUT2D eigenvalue weighted by Gasteiger charge is 2.23. The molecular weight excluding hydrogens is 366 g/mol. The van der Waals surface area contributed by atoms with E-state index in [1.165, 1.54) is 69.6 Å². The van der Waals surface area contributed by atoms with E-state index in [-0.39, 0.29) is 12.4 Å². The molecular formula is C24H32ClN3. The molecule has 0 unspecified atom stereocenters. The number of hydrogen-bond donors (Lipinski definition) is 0. The monoisotopic (exact) mass is 397 g/mol. The number of benzene rings is 1. The van der Waals surface area contributed by atoms with E-state index in [1.54, 1.807) is 0 Å². The molecule has 2 aliphatic carbocycles. The highest BCUT2D eigenvalue weighted by atomic mass is 35.5. The third kappa shape index (κ3) is 5.35. The predicted molar refractivity (Wildman–Crippen MR) is 111 cm³/mol. The highest BCUT2D eigenvalue weighted by Crippen LogP contribution is 2.28. The topological polar surface area (TPSA) is 21.7 Å². The van der Waals surface area contributed by atoms with E-state index in [0.717, 1.165) is 17.6 Å². The van der Waals surface area contributed by atoms with Crippen molar-refractivity contribution in [2.45, 2.75) is 76.3 Å². The molecule has 2 fully saturated rings. The van der Waals surface area contributed by atoms with Crippen LogP contribution in [0.15, 0.2) is 61.3 Å². The Kier molecular flexibility index (Phi) is 7.90. The Morgan fingerprint density at radius 3 is 2.25 bits per heavy atom. The van der Waals surface area contributed by atoms with Crippen molar-refractivity contribution in [3.05, 3.63) is 61.3 Å². The number of nitrogens with zero attached hydrogens (tertiary/aromatic N) is 3. The average molecular weight is 398 g/mol. The summed E-state index contributed by atoms with van der Waals surface area (Å²) in [4.78, 5) is 4.18. The predicted octanol–water partition coefficient (Wildman–Crippen LogP) is 3.02. The van der Waals surface area contributed by atoms with Crippen molar-refractivity contribution in [2.75, 3.05) is 0 Å². The summed E-state index contributed by atoms with van der Waals surface area (Å²) >= 11 is 0. The molecule has 0 saturated heterocycles. The normalized spacial score (nSPS) is 18.1. The second kappa shape index (κ2) is 10.6. The molecule has 28 heavy (non-hydrogen) atoms. The van der Waals surface area contributed by atoms with E-state index in [4.69, 9.17) is 0 Å². The van der Waals surface area contributed by atoms with Crippen LogP contribution in [0, 0.1) is 0 Å². The first kappa shape index (κ1) is 20.9. The summed E-state index contributed by atoms with van der Waals surface area (Å²) in [5.74, 6) is 0. The molecule has 3 nitrogen and oxygen atoms in total. The van der Waals surface area contributed by atoms with Crippen LogP contribution in [-0.4, -0.2) is 9.55 Å². The maximum absolute atomic E-state index is 4.18. The van der Waals surface area contributed by atoms with Crippen LogP contribution >= 0.6 is 0 Å². The lowest BCUT2D eigenvalue weighted by Gasteiger charge is -2.20. The van der Waals surface area contributed by atoms with Gasteiger partial charge in [-0.05, 0) is 63.5 Å². The summed E-state index contributed by atoms with van der Waals surface area (Å²) < 4.78 is 4.96. The Bertz CT molecular complexity index is 734. The van der Waals surface area contributed by atoms with Gasteiger partial charge in [0.05, 0.1) is 5.52 Å². The Labute approximate surface area is 175 Å². The first-order valence-electron chi connectivity index (χ1n) is 10.8. The fourth-order valence-corrected chi connectivity index (χ4v) is 4.59. The van der Waals surface area contributed by atoms with Crippen LogP contribution in [0.2, 0.25) is 0 Å². The summed E-state index contributed by atoms with van der Waals surface area (Å²) in [7, 11) is 0. The molecule has 4 heteroatoms. The molecule has 2 aromatic heterocycles. The van der Waals surface area contributed by atoms with Crippen molar-refractivity contribution < 1.29 is 17.0 Å². The molecule has 0 radical (unpaired) electrons. The van der Waals surface area contributed by atoms with Gasteiger partial charge in [-0.2, -0.15) is 0 Å². The zero-order chi connectivity index (χ0) is 18.3. The van der Waals surface area contributed by atoms with Crippen molar-refractivity contribution >= 4 is 10.9 Å². The minimum Gasteiger partial charge on any atom is -1.00 e. The van der Waals surface area contributed by atoms with Crippen LogP contribution in [0.1, 0.15) is 76.3 Å². The largest absolute Gasteiger partial charge is 1.00 e. The molecule has 5 rings (SSSR count). The third-order valence-electron chi connectivity index (χ3n) is 6.18. The number of para-hydroxylation sites is 1. The number of rotatable bonds is 2. The summed E-state index contributed by atoms with van der Waals surface area (Å²) in [6.07, 6.45) is 22.9. The van der Waals surface area contributed by atoms with Gasteiger partial charge >= 0.3 is 0 Å². The van der Waals surface area contributed by atoms with E-state index >= 15 is 0 Å². The van der Waals surface area contributed by atoms with Gasteiger partial charge in [0, 0.05) is 11.6 Å². The summed E-state index contributed by atoms with van der Waals surface area (Å²) in [5, 5.41) is 1.20. The van der Waals surface area contributed by atoms with Crippen LogP contribution in [0.3, 0.4) is 0 Å². The minimum atomic E-state index is 0. The molecule has 0 bridgehead atoms. The van der Waals surface area contributed by atoms with Crippen LogP contribution in [0.25, 0.3) is 10.9 Å². The highest BCUT2D eigenvalue weighted by molar-refractivity contribution is 5.77. The molecule has 3 aromatic rings. The molecule has 1 aromatic carbocycles. The Morgan fingerprint density at radius 2 is 1.50 bits per heavy atom. The van der Waals surface area contributed by atoms with Gasteiger partial charge in [-0.25, -0.2) is 9.13 Å². The van der Waals surface area contributed by atoms with Gasteiger partial charge in [-0.1, -0.05) is 37.1 Å². The van der Waals surface area contributed by atoms with Crippen LogP contribution < -0.4 is 17.0 Å².